The number of nitrogens with zero attached hydrogens (tertiary/aromatic N) is 2. The molecule has 1 heterocycles. The third kappa shape index (κ3) is 7.65. The highest BCUT2D eigenvalue weighted by atomic mass is 32.2. The highest BCUT2D eigenvalue weighted by molar-refractivity contribution is 8.00. The first-order valence-corrected chi connectivity index (χ1v) is 11.8. The zero-order valence-electron chi connectivity index (χ0n) is 19.1. The van der Waals surface area contributed by atoms with Crippen LogP contribution in [0.4, 0.5) is 11.5 Å². The number of nitrogens with two attached hydrogens (primary N) is 1. The predicted octanol–water partition coefficient (Wildman–Crippen LogP) is 3.47. The Morgan fingerprint density at radius 2 is 1.77 bits per heavy atom. The van der Waals surface area contributed by atoms with E-state index in [1.54, 1.807) is 36.4 Å². The monoisotopic (exact) mass is 491 g/mol. The van der Waals surface area contributed by atoms with Gasteiger partial charge in [0.15, 0.2) is 0 Å². The Morgan fingerprint density at radius 3 is 2.43 bits per heavy atom. The molecule has 0 spiro atoms. The number of hydrogen-bond donors (Lipinski definition) is 3. The van der Waals surface area contributed by atoms with Crippen LogP contribution in [0.1, 0.15) is 22.8 Å². The van der Waals surface area contributed by atoms with Gasteiger partial charge in [-0.3, -0.25) is 9.59 Å². The molecule has 10 heteroatoms. The normalized spacial score (nSPS) is 10.2. The summed E-state index contributed by atoms with van der Waals surface area (Å²) in [4.78, 5) is 28.9. The van der Waals surface area contributed by atoms with Crippen LogP contribution in [-0.2, 0) is 4.79 Å². The molecule has 180 valence electrons. The zero-order valence-corrected chi connectivity index (χ0v) is 19.9. The summed E-state index contributed by atoms with van der Waals surface area (Å²) < 4.78 is 11.0. The minimum Gasteiger partial charge on any atom is -0.494 e. The molecule has 3 rings (SSSR count). The van der Waals surface area contributed by atoms with Crippen molar-refractivity contribution in [3.63, 3.8) is 0 Å². The van der Waals surface area contributed by atoms with Crippen LogP contribution in [0.2, 0.25) is 0 Å². The molecule has 2 aromatic carbocycles. The number of para-hydroxylation sites is 1. The molecule has 3 aromatic rings. The minimum absolute atomic E-state index is 0.0240. The van der Waals surface area contributed by atoms with Gasteiger partial charge >= 0.3 is 0 Å². The highest BCUT2D eigenvalue weighted by Gasteiger charge is 2.17. The van der Waals surface area contributed by atoms with Crippen molar-refractivity contribution >= 4 is 35.1 Å². The molecule has 0 aliphatic rings. The van der Waals surface area contributed by atoms with Gasteiger partial charge in [-0.2, -0.15) is 5.26 Å². The van der Waals surface area contributed by atoms with E-state index in [1.165, 1.54) is 6.07 Å². The van der Waals surface area contributed by atoms with E-state index >= 15 is 0 Å². The Labute approximate surface area is 207 Å². The molecule has 0 radical (unpaired) electrons. The maximum absolute atomic E-state index is 12.5. The average molecular weight is 492 g/mol. The summed E-state index contributed by atoms with van der Waals surface area (Å²) in [5, 5.41) is 15.2. The second kappa shape index (κ2) is 12.9. The maximum Gasteiger partial charge on any atom is 0.259 e. The van der Waals surface area contributed by atoms with Gasteiger partial charge in [-0.05, 0) is 49.4 Å². The molecular formula is C25H25N5O4S. The van der Waals surface area contributed by atoms with Crippen LogP contribution in [0, 0.1) is 11.3 Å². The van der Waals surface area contributed by atoms with Gasteiger partial charge in [0.25, 0.3) is 5.91 Å². The SMILES string of the molecule is CCOc1ccc(OCCNC(=O)CSc2nc(N)c(C(=O)Nc3ccccc3)cc2C#N)cc1. The Kier molecular flexibility index (Phi) is 9.33. The lowest BCUT2D eigenvalue weighted by atomic mass is 10.2. The highest BCUT2D eigenvalue weighted by Crippen LogP contribution is 2.25. The Bertz CT molecular complexity index is 1200. The Balaban J connectivity index is 1.48. The molecular weight excluding hydrogens is 466 g/mol. The quantitative estimate of drug-likeness (QED) is 0.274. The first kappa shape index (κ1) is 25.4. The molecule has 0 unspecified atom stereocenters. The molecule has 0 aliphatic heterocycles. The zero-order chi connectivity index (χ0) is 25.0. The van der Waals surface area contributed by atoms with Gasteiger partial charge in [0.05, 0.1) is 30.0 Å². The summed E-state index contributed by atoms with van der Waals surface area (Å²) in [5.41, 5.74) is 6.81. The van der Waals surface area contributed by atoms with Crippen molar-refractivity contribution in [3.05, 3.63) is 71.8 Å². The second-order valence-corrected chi connectivity index (χ2v) is 8.06. The number of ether oxygens (including phenoxy) is 2. The lowest BCUT2D eigenvalue weighted by Gasteiger charge is -2.11. The number of benzene rings is 2. The van der Waals surface area contributed by atoms with Crippen molar-refractivity contribution < 1.29 is 19.1 Å². The van der Waals surface area contributed by atoms with Crippen molar-refractivity contribution in [3.8, 4) is 17.6 Å². The van der Waals surface area contributed by atoms with Crippen LogP contribution < -0.4 is 25.8 Å². The number of hydrogen-bond acceptors (Lipinski definition) is 8. The number of nitrogen functional groups attached to an aromatic ring is 1. The topological polar surface area (TPSA) is 139 Å². The van der Waals surface area contributed by atoms with E-state index in [1.807, 2.05) is 31.2 Å². The van der Waals surface area contributed by atoms with Crippen LogP contribution in [0.15, 0.2) is 65.7 Å². The van der Waals surface area contributed by atoms with Crippen LogP contribution >= 0.6 is 11.8 Å². The molecule has 0 saturated carbocycles. The first-order chi connectivity index (χ1) is 17.0. The molecule has 0 atom stereocenters. The third-order valence-corrected chi connectivity index (χ3v) is 5.57. The van der Waals surface area contributed by atoms with Crippen molar-refractivity contribution in [1.29, 1.82) is 5.26 Å². The fourth-order valence-electron chi connectivity index (χ4n) is 2.94. The summed E-state index contributed by atoms with van der Waals surface area (Å²) >= 11 is 1.07. The molecule has 0 saturated heterocycles. The second-order valence-electron chi connectivity index (χ2n) is 7.10. The van der Waals surface area contributed by atoms with Crippen molar-refractivity contribution in [1.82, 2.24) is 10.3 Å². The molecule has 1 aromatic heterocycles. The number of pyridine rings is 1. The van der Waals surface area contributed by atoms with Gasteiger partial charge in [0.1, 0.15) is 35.0 Å². The summed E-state index contributed by atoms with van der Waals surface area (Å²) in [5.74, 6) is 0.719. The minimum atomic E-state index is -0.473. The summed E-state index contributed by atoms with van der Waals surface area (Å²) in [6, 6.07) is 19.5. The van der Waals surface area contributed by atoms with E-state index in [-0.39, 0.29) is 33.6 Å². The Hall–Kier alpha value is -4.23. The van der Waals surface area contributed by atoms with Gasteiger partial charge in [-0.1, -0.05) is 30.0 Å². The van der Waals surface area contributed by atoms with E-state index in [0.717, 1.165) is 17.5 Å². The molecule has 0 bridgehead atoms. The number of nitrogens with one attached hydrogen (secondary N) is 2. The van der Waals surface area contributed by atoms with E-state index in [9.17, 15) is 14.9 Å². The number of aromatic nitrogens is 1. The van der Waals surface area contributed by atoms with Gasteiger partial charge in [0, 0.05) is 5.69 Å². The number of rotatable bonds is 11. The van der Waals surface area contributed by atoms with Gasteiger partial charge in [-0.25, -0.2) is 4.98 Å². The van der Waals surface area contributed by atoms with E-state index in [0.29, 0.717) is 31.2 Å². The van der Waals surface area contributed by atoms with Gasteiger partial charge in [-0.15, -0.1) is 0 Å². The van der Waals surface area contributed by atoms with Gasteiger partial charge < -0.3 is 25.8 Å². The van der Waals surface area contributed by atoms with Crippen LogP contribution in [0.3, 0.4) is 0 Å². The number of carbonyl (C=O) groups excluding carboxylic acids is 2. The average Bonchev–Trinajstić information content (AvgIpc) is 2.87. The third-order valence-electron chi connectivity index (χ3n) is 4.58. The van der Waals surface area contributed by atoms with E-state index in [2.05, 4.69) is 15.6 Å². The van der Waals surface area contributed by atoms with E-state index < -0.39 is 5.91 Å². The molecule has 2 amide bonds. The molecule has 9 nitrogen and oxygen atoms in total. The largest absolute Gasteiger partial charge is 0.494 e. The predicted molar refractivity (Wildman–Crippen MR) is 135 cm³/mol. The van der Waals surface area contributed by atoms with Crippen molar-refractivity contribution in [2.45, 2.75) is 11.9 Å². The van der Waals surface area contributed by atoms with E-state index in [4.69, 9.17) is 15.2 Å². The molecule has 0 fully saturated rings. The molecule has 4 N–H and O–H groups in total. The number of carbonyl (C=O) groups is 2. The number of nitriles is 1. The fourth-order valence-corrected chi connectivity index (χ4v) is 3.74. The maximum atomic E-state index is 12.5. The van der Waals surface area contributed by atoms with Crippen molar-refractivity contribution in [2.75, 3.05) is 36.6 Å². The summed E-state index contributed by atoms with van der Waals surface area (Å²) in [7, 11) is 0. The summed E-state index contributed by atoms with van der Waals surface area (Å²) in [6.45, 7) is 3.12. The smallest absolute Gasteiger partial charge is 0.259 e. The summed E-state index contributed by atoms with van der Waals surface area (Å²) in [6.07, 6.45) is 0. The van der Waals surface area contributed by atoms with Crippen LogP contribution in [-0.4, -0.2) is 42.3 Å². The van der Waals surface area contributed by atoms with Crippen LogP contribution in [0.5, 0.6) is 11.5 Å². The first-order valence-electron chi connectivity index (χ1n) is 10.8. The molecule has 0 aliphatic carbocycles. The molecule has 35 heavy (non-hydrogen) atoms. The van der Waals surface area contributed by atoms with Crippen molar-refractivity contribution in [2.24, 2.45) is 0 Å². The lowest BCUT2D eigenvalue weighted by Crippen LogP contribution is -2.29. The number of thioether (sulfide) groups is 1. The Morgan fingerprint density at radius 1 is 1.09 bits per heavy atom. The van der Waals surface area contributed by atoms with Crippen LogP contribution in [0.25, 0.3) is 0 Å². The van der Waals surface area contributed by atoms with Gasteiger partial charge in [0.2, 0.25) is 5.91 Å². The fraction of sp³-hybridized carbons (Fsp3) is 0.200. The number of amides is 2. The standard InChI is InChI=1S/C25H25N5O4S/c1-2-33-19-8-10-20(11-9-19)34-13-12-28-22(31)16-35-25-17(15-26)14-21(23(27)30-25)24(32)29-18-6-4-3-5-7-18/h3-11,14H,2,12-13,16H2,1H3,(H2,27,30)(H,28,31)(H,29,32). The lowest BCUT2D eigenvalue weighted by molar-refractivity contribution is -0.118. The number of anilines is 2.